The lowest BCUT2D eigenvalue weighted by atomic mass is 9.91. The second-order valence-electron chi connectivity index (χ2n) is 8.24. The van der Waals surface area contributed by atoms with Crippen LogP contribution in [0.15, 0.2) is 61.8 Å². The van der Waals surface area contributed by atoms with Crippen molar-refractivity contribution in [1.82, 2.24) is 14.3 Å². The van der Waals surface area contributed by atoms with Crippen molar-refractivity contribution in [2.45, 2.75) is 27.9 Å². The number of halogens is 1. The number of hydrogen-bond donors (Lipinski definition) is 1. The van der Waals surface area contributed by atoms with Crippen LogP contribution in [0.3, 0.4) is 0 Å². The molecule has 3 aromatic heterocycles. The van der Waals surface area contributed by atoms with Crippen molar-refractivity contribution in [1.29, 1.82) is 0 Å². The van der Waals surface area contributed by atoms with Gasteiger partial charge in [0.25, 0.3) is 10.0 Å². The Morgan fingerprint density at radius 1 is 1.14 bits per heavy atom. The van der Waals surface area contributed by atoms with E-state index in [9.17, 15) is 21.2 Å². The first-order chi connectivity index (χ1) is 16.6. The molecule has 35 heavy (non-hydrogen) atoms. The van der Waals surface area contributed by atoms with Crippen LogP contribution in [0.5, 0.6) is 0 Å². The number of anilines is 2. The number of rotatable bonds is 6. The van der Waals surface area contributed by atoms with E-state index in [1.54, 1.807) is 23.8 Å². The van der Waals surface area contributed by atoms with E-state index >= 15 is 0 Å². The number of benzene rings is 1. The van der Waals surface area contributed by atoms with E-state index in [1.165, 1.54) is 34.1 Å². The van der Waals surface area contributed by atoms with Gasteiger partial charge in [-0.25, -0.2) is 31.2 Å². The molecule has 13 heteroatoms. The van der Waals surface area contributed by atoms with Crippen LogP contribution in [0.4, 0.5) is 15.9 Å². The van der Waals surface area contributed by atoms with Gasteiger partial charge in [0, 0.05) is 24.9 Å². The van der Waals surface area contributed by atoms with Crippen LogP contribution >= 0.6 is 11.3 Å². The van der Waals surface area contributed by atoms with Gasteiger partial charge in [-0.15, -0.1) is 11.3 Å². The Morgan fingerprint density at radius 3 is 2.57 bits per heavy atom. The van der Waals surface area contributed by atoms with Crippen LogP contribution < -0.4 is 5.32 Å². The van der Waals surface area contributed by atoms with Crippen molar-refractivity contribution in [2.75, 3.05) is 24.7 Å². The molecule has 1 N–H and O–H groups in total. The van der Waals surface area contributed by atoms with Crippen LogP contribution in [0.25, 0.3) is 11.1 Å². The number of hydrogen-bond acceptors (Lipinski definition) is 9. The number of sulfone groups is 1. The molecule has 0 unspecified atom stereocenters. The third-order valence-corrected chi connectivity index (χ3v) is 10.4. The van der Waals surface area contributed by atoms with Gasteiger partial charge in [-0.1, -0.05) is 6.07 Å². The van der Waals surface area contributed by atoms with E-state index in [0.29, 0.717) is 41.2 Å². The fraction of sp³-hybridized carbons (Fsp3) is 0.273. The number of nitrogens with one attached hydrogen (secondary N) is 1. The smallest absolute Gasteiger partial charge is 0.252 e. The van der Waals surface area contributed by atoms with E-state index in [2.05, 4.69) is 15.3 Å². The molecular formula is C22H21FN4O5S3. The Hall–Kier alpha value is -2.87. The van der Waals surface area contributed by atoms with Crippen molar-refractivity contribution in [3.8, 4) is 0 Å². The number of aromatic nitrogens is 2. The Bertz CT molecular complexity index is 1590. The van der Waals surface area contributed by atoms with Gasteiger partial charge in [0.1, 0.15) is 21.9 Å². The maximum absolute atomic E-state index is 14.5. The van der Waals surface area contributed by atoms with E-state index in [1.807, 2.05) is 0 Å². The zero-order valence-corrected chi connectivity index (χ0v) is 21.0. The summed E-state index contributed by atoms with van der Waals surface area (Å²) in [6.45, 7) is 0.761. The minimum atomic E-state index is -3.54. The highest BCUT2D eigenvalue weighted by Crippen LogP contribution is 2.37. The van der Waals surface area contributed by atoms with Gasteiger partial charge in [0.2, 0.25) is 0 Å². The van der Waals surface area contributed by atoms with Gasteiger partial charge in [0.15, 0.2) is 21.2 Å². The first kappa shape index (κ1) is 23.9. The Labute approximate surface area is 205 Å². The highest BCUT2D eigenvalue weighted by molar-refractivity contribution is 7.91. The lowest BCUT2D eigenvalue weighted by Gasteiger charge is -2.30. The van der Waals surface area contributed by atoms with Gasteiger partial charge in [-0.3, -0.25) is 0 Å². The van der Waals surface area contributed by atoms with Crippen molar-refractivity contribution in [3.05, 3.63) is 59.7 Å². The summed E-state index contributed by atoms with van der Waals surface area (Å²) in [4.78, 5) is 8.38. The van der Waals surface area contributed by atoms with Crippen LogP contribution in [-0.2, 0) is 19.9 Å². The summed E-state index contributed by atoms with van der Waals surface area (Å²) in [5.74, 6) is -0.463. The SMILES string of the molecule is CS(=O)(=O)c1ccc(Nc2ncnc3c(C4CCN(S(=O)(=O)c5cccs5)CC4)coc23)c(F)c1. The van der Waals surface area contributed by atoms with Crippen molar-refractivity contribution >= 4 is 53.8 Å². The van der Waals surface area contributed by atoms with Gasteiger partial charge in [-0.05, 0) is 48.4 Å². The largest absolute Gasteiger partial charge is 0.458 e. The third kappa shape index (κ3) is 4.56. The van der Waals surface area contributed by atoms with E-state index < -0.39 is 25.7 Å². The maximum Gasteiger partial charge on any atom is 0.252 e. The van der Waals surface area contributed by atoms with Crippen LogP contribution in [0.2, 0.25) is 0 Å². The summed E-state index contributed by atoms with van der Waals surface area (Å²) < 4.78 is 71.0. The Kier molecular flexibility index (Phi) is 6.11. The highest BCUT2D eigenvalue weighted by atomic mass is 32.2. The number of furan rings is 1. The third-order valence-electron chi connectivity index (χ3n) is 5.99. The van der Waals surface area contributed by atoms with Gasteiger partial charge < -0.3 is 9.73 Å². The highest BCUT2D eigenvalue weighted by Gasteiger charge is 2.32. The summed E-state index contributed by atoms with van der Waals surface area (Å²) in [7, 11) is -7.03. The molecule has 0 atom stereocenters. The topological polar surface area (TPSA) is 122 Å². The molecule has 5 rings (SSSR count). The predicted octanol–water partition coefficient (Wildman–Crippen LogP) is 4.14. The lowest BCUT2D eigenvalue weighted by Crippen LogP contribution is -2.37. The second-order valence-corrected chi connectivity index (χ2v) is 13.4. The summed E-state index contributed by atoms with van der Waals surface area (Å²) >= 11 is 1.20. The number of sulfonamides is 1. The molecule has 4 aromatic rings. The lowest BCUT2D eigenvalue weighted by molar-refractivity contribution is 0.320. The molecule has 9 nitrogen and oxygen atoms in total. The van der Waals surface area contributed by atoms with Crippen molar-refractivity contribution < 1.29 is 25.6 Å². The number of fused-ring (bicyclic) bond motifs is 1. The fourth-order valence-electron chi connectivity index (χ4n) is 4.15. The normalized spacial score (nSPS) is 16.1. The molecule has 0 spiro atoms. The minimum Gasteiger partial charge on any atom is -0.458 e. The standard InChI is InChI=1S/C22H21FN4O5S3/c1-34(28,29)15-4-5-18(17(23)11-15)26-22-21-20(24-13-25-22)16(12-32-21)14-6-8-27(9-7-14)35(30,31)19-3-2-10-33-19/h2-5,10-14H,6-9H2,1H3,(H,24,25,26). The first-order valence-electron chi connectivity index (χ1n) is 10.7. The minimum absolute atomic E-state index is 0.0413. The average molecular weight is 537 g/mol. The van der Waals surface area contributed by atoms with Crippen LogP contribution in [0.1, 0.15) is 24.3 Å². The molecule has 0 bridgehead atoms. The zero-order valence-electron chi connectivity index (χ0n) is 18.5. The summed E-state index contributed by atoms with van der Waals surface area (Å²) in [5.41, 5.74) is 1.78. The molecule has 1 fully saturated rings. The molecule has 1 saturated heterocycles. The molecule has 184 valence electrons. The second kappa shape index (κ2) is 8.97. The molecule has 0 amide bonds. The van der Waals surface area contributed by atoms with Crippen LogP contribution in [-0.4, -0.2) is 50.5 Å². The van der Waals surface area contributed by atoms with E-state index in [4.69, 9.17) is 4.42 Å². The zero-order chi connectivity index (χ0) is 24.8. The number of piperidine rings is 1. The summed E-state index contributed by atoms with van der Waals surface area (Å²) in [6, 6.07) is 6.91. The molecule has 0 radical (unpaired) electrons. The Balaban J connectivity index is 1.36. The molecule has 0 aliphatic carbocycles. The van der Waals surface area contributed by atoms with Gasteiger partial charge in [0.05, 0.1) is 16.8 Å². The van der Waals surface area contributed by atoms with Gasteiger partial charge in [-0.2, -0.15) is 4.31 Å². The molecule has 1 aromatic carbocycles. The maximum atomic E-state index is 14.5. The van der Waals surface area contributed by atoms with Gasteiger partial charge >= 0.3 is 0 Å². The van der Waals surface area contributed by atoms with Crippen molar-refractivity contribution in [3.63, 3.8) is 0 Å². The fourth-order valence-corrected chi connectivity index (χ4v) is 7.39. The number of thiophene rings is 1. The average Bonchev–Trinajstić information content (AvgIpc) is 3.51. The molecular weight excluding hydrogens is 515 g/mol. The predicted molar refractivity (Wildman–Crippen MR) is 130 cm³/mol. The van der Waals surface area contributed by atoms with E-state index in [-0.39, 0.29) is 22.3 Å². The first-order valence-corrected chi connectivity index (χ1v) is 14.9. The molecule has 0 saturated carbocycles. The van der Waals surface area contributed by atoms with Crippen LogP contribution in [0, 0.1) is 5.82 Å². The van der Waals surface area contributed by atoms with Crippen molar-refractivity contribution in [2.24, 2.45) is 0 Å². The summed E-state index contributed by atoms with van der Waals surface area (Å²) in [6.07, 6.45) is 5.14. The molecule has 1 aliphatic rings. The molecule has 1 aliphatic heterocycles. The summed E-state index contributed by atoms with van der Waals surface area (Å²) in [5, 5.41) is 4.60. The molecule has 4 heterocycles. The number of nitrogens with zero attached hydrogens (tertiary/aromatic N) is 3. The van der Waals surface area contributed by atoms with E-state index in [0.717, 1.165) is 17.9 Å². The monoisotopic (exact) mass is 536 g/mol. The Morgan fingerprint density at radius 2 is 1.91 bits per heavy atom. The quantitative estimate of drug-likeness (QED) is 0.390.